The average molecular weight is 344 g/mol. The van der Waals surface area contributed by atoms with Gasteiger partial charge in [-0.3, -0.25) is 15.0 Å². The molecule has 25 heavy (non-hydrogen) atoms. The maximum atomic E-state index is 11.0. The third-order valence-electron chi connectivity index (χ3n) is 5.25. The highest BCUT2D eigenvalue weighted by Gasteiger charge is 2.30. The summed E-state index contributed by atoms with van der Waals surface area (Å²) in [5.41, 5.74) is 1.08. The molecule has 1 saturated heterocycles. The van der Waals surface area contributed by atoms with Crippen molar-refractivity contribution < 1.29 is 10.0 Å². The number of rotatable bonds is 5. The van der Waals surface area contributed by atoms with E-state index in [0.717, 1.165) is 31.5 Å². The van der Waals surface area contributed by atoms with E-state index in [2.05, 4.69) is 16.8 Å². The Morgan fingerprint density at radius 1 is 1.36 bits per heavy atom. The molecule has 0 spiro atoms. The van der Waals surface area contributed by atoms with Crippen molar-refractivity contribution in [2.75, 3.05) is 13.1 Å². The van der Waals surface area contributed by atoms with Gasteiger partial charge in [0, 0.05) is 37.6 Å². The minimum absolute atomic E-state index is 0.117. The van der Waals surface area contributed by atoms with E-state index in [-0.39, 0.29) is 22.6 Å². The fourth-order valence-electron chi connectivity index (χ4n) is 3.60. The first-order valence-corrected chi connectivity index (χ1v) is 8.61. The van der Waals surface area contributed by atoms with Crippen LogP contribution in [0.3, 0.4) is 0 Å². The molecule has 0 radical (unpaired) electrons. The van der Waals surface area contributed by atoms with Crippen molar-refractivity contribution >= 4 is 5.69 Å². The van der Waals surface area contributed by atoms with Crippen molar-refractivity contribution in [3.8, 4) is 0 Å². The van der Waals surface area contributed by atoms with Crippen LogP contribution >= 0.6 is 0 Å². The van der Waals surface area contributed by atoms with Crippen molar-refractivity contribution in [3.05, 3.63) is 58.2 Å². The van der Waals surface area contributed by atoms with Gasteiger partial charge in [0.2, 0.25) is 0 Å². The van der Waals surface area contributed by atoms with Crippen molar-refractivity contribution in [2.24, 2.45) is 13.0 Å². The lowest BCUT2D eigenvalue weighted by molar-refractivity contribution is -0.385. The van der Waals surface area contributed by atoms with Crippen LogP contribution in [0.5, 0.6) is 0 Å². The highest BCUT2D eigenvalue weighted by atomic mass is 16.6. The second-order valence-electron chi connectivity index (χ2n) is 6.74. The fraction of sp³-hybridized carbons (Fsp3) is 0.500. The number of piperidine rings is 1. The molecule has 2 aromatic rings. The second-order valence-corrected chi connectivity index (χ2v) is 6.74. The van der Waals surface area contributed by atoms with Crippen molar-refractivity contribution in [1.29, 1.82) is 0 Å². The molecule has 7 nitrogen and oxygen atoms in total. The first kappa shape index (κ1) is 17.6. The normalized spacial score (nSPS) is 18.8. The van der Waals surface area contributed by atoms with Gasteiger partial charge in [-0.05, 0) is 44.3 Å². The predicted molar refractivity (Wildman–Crippen MR) is 94.0 cm³/mol. The highest BCUT2D eigenvalue weighted by Crippen LogP contribution is 2.33. The van der Waals surface area contributed by atoms with E-state index in [9.17, 15) is 15.2 Å². The Hall–Kier alpha value is -2.25. The third-order valence-corrected chi connectivity index (χ3v) is 5.25. The molecule has 1 fully saturated rings. The summed E-state index contributed by atoms with van der Waals surface area (Å²) in [6, 6.07) is 6.96. The number of nitro groups is 1. The maximum absolute atomic E-state index is 11.0. The number of likely N-dealkylation sites (tertiary alicyclic amines) is 1. The zero-order chi connectivity index (χ0) is 18.0. The summed E-state index contributed by atoms with van der Waals surface area (Å²) in [6.07, 6.45) is 4.77. The quantitative estimate of drug-likeness (QED) is 0.666. The Balaban J connectivity index is 1.63. The molecule has 3 rings (SSSR count). The van der Waals surface area contributed by atoms with Gasteiger partial charge in [0.25, 0.3) is 5.69 Å². The zero-order valence-corrected chi connectivity index (χ0v) is 14.6. The standard InChI is InChI=1S/C18H24N4O3/c1-13(15-4-3-5-16(12-15)22(24)25)21-9-6-14(7-10-21)17(23)18-19-8-11-20(18)2/h3-5,8,11-14,17,23H,6-7,9-10H2,1-2H3/t13-,17+/m1/s1. The number of nitrogens with zero attached hydrogens (tertiary/aromatic N) is 4. The van der Waals surface area contributed by atoms with Crippen LogP contribution in [0.4, 0.5) is 5.69 Å². The molecule has 1 aromatic heterocycles. The van der Waals surface area contributed by atoms with Gasteiger partial charge in [-0.25, -0.2) is 4.98 Å². The number of imidazole rings is 1. The molecule has 0 saturated carbocycles. The fourth-order valence-corrected chi connectivity index (χ4v) is 3.60. The maximum Gasteiger partial charge on any atom is 0.269 e. The van der Waals surface area contributed by atoms with Gasteiger partial charge in [0.05, 0.1) is 4.92 Å². The number of aliphatic hydroxyl groups excluding tert-OH is 1. The molecule has 1 aliphatic rings. The van der Waals surface area contributed by atoms with Crippen LogP contribution in [-0.4, -0.2) is 37.6 Å². The summed E-state index contributed by atoms with van der Waals surface area (Å²) < 4.78 is 1.86. The number of nitro benzene ring substituents is 1. The van der Waals surface area contributed by atoms with E-state index in [4.69, 9.17) is 0 Å². The molecule has 2 atom stereocenters. The molecule has 1 aliphatic heterocycles. The lowest BCUT2D eigenvalue weighted by Crippen LogP contribution is -2.37. The van der Waals surface area contributed by atoms with E-state index in [0.29, 0.717) is 5.82 Å². The number of aromatic nitrogens is 2. The van der Waals surface area contributed by atoms with Crippen LogP contribution in [0.25, 0.3) is 0 Å². The second kappa shape index (κ2) is 7.33. The lowest BCUT2D eigenvalue weighted by Gasteiger charge is -2.37. The average Bonchev–Trinajstić information content (AvgIpc) is 3.06. The Kier molecular flexibility index (Phi) is 5.15. The molecule has 7 heteroatoms. The highest BCUT2D eigenvalue weighted by molar-refractivity contribution is 5.35. The molecule has 2 heterocycles. The molecule has 0 bridgehead atoms. The minimum atomic E-state index is -0.546. The van der Waals surface area contributed by atoms with E-state index in [1.54, 1.807) is 18.3 Å². The number of benzene rings is 1. The zero-order valence-electron chi connectivity index (χ0n) is 14.6. The van der Waals surface area contributed by atoms with Gasteiger partial charge in [-0.15, -0.1) is 0 Å². The van der Waals surface area contributed by atoms with Crippen molar-refractivity contribution in [1.82, 2.24) is 14.5 Å². The van der Waals surface area contributed by atoms with Gasteiger partial charge in [0.1, 0.15) is 11.9 Å². The largest absolute Gasteiger partial charge is 0.385 e. The number of aliphatic hydroxyl groups is 1. The first-order valence-electron chi connectivity index (χ1n) is 8.61. The van der Waals surface area contributed by atoms with Crippen molar-refractivity contribution in [2.45, 2.75) is 31.9 Å². The van der Waals surface area contributed by atoms with Gasteiger partial charge >= 0.3 is 0 Å². The van der Waals surface area contributed by atoms with E-state index < -0.39 is 6.10 Å². The summed E-state index contributed by atoms with van der Waals surface area (Å²) >= 11 is 0. The third kappa shape index (κ3) is 3.72. The number of non-ortho nitro benzene ring substituents is 1. The van der Waals surface area contributed by atoms with E-state index in [1.807, 2.05) is 23.9 Å². The van der Waals surface area contributed by atoms with Crippen LogP contribution in [-0.2, 0) is 7.05 Å². The monoisotopic (exact) mass is 344 g/mol. The smallest absolute Gasteiger partial charge is 0.269 e. The van der Waals surface area contributed by atoms with Gasteiger partial charge in [-0.1, -0.05) is 12.1 Å². The number of hydrogen-bond donors (Lipinski definition) is 1. The molecule has 0 aliphatic carbocycles. The topological polar surface area (TPSA) is 84.4 Å². The van der Waals surface area contributed by atoms with Crippen LogP contribution in [0.15, 0.2) is 36.7 Å². The van der Waals surface area contributed by atoms with Crippen LogP contribution in [0.2, 0.25) is 0 Å². The molecule has 1 N–H and O–H groups in total. The summed E-state index contributed by atoms with van der Waals surface area (Å²) in [7, 11) is 1.89. The Bertz CT molecular complexity index is 737. The number of hydrogen-bond acceptors (Lipinski definition) is 5. The van der Waals surface area contributed by atoms with Crippen LogP contribution in [0.1, 0.15) is 43.3 Å². The van der Waals surface area contributed by atoms with Gasteiger partial charge < -0.3 is 9.67 Å². The molecule has 1 aromatic carbocycles. The van der Waals surface area contributed by atoms with Gasteiger partial charge in [-0.2, -0.15) is 0 Å². The summed E-state index contributed by atoms with van der Waals surface area (Å²) in [4.78, 5) is 17.2. The Morgan fingerprint density at radius 2 is 2.08 bits per heavy atom. The number of aryl methyl sites for hydroxylation is 1. The summed E-state index contributed by atoms with van der Waals surface area (Å²) in [5, 5.41) is 21.5. The van der Waals surface area contributed by atoms with Crippen LogP contribution < -0.4 is 0 Å². The molecule has 0 unspecified atom stereocenters. The summed E-state index contributed by atoms with van der Waals surface area (Å²) in [5.74, 6) is 0.903. The Morgan fingerprint density at radius 3 is 2.68 bits per heavy atom. The first-order chi connectivity index (χ1) is 12.0. The lowest BCUT2D eigenvalue weighted by atomic mass is 9.89. The SMILES string of the molecule is C[C@H](c1cccc([N+](=O)[O-])c1)N1CCC([C@H](O)c2nccn2C)CC1. The minimum Gasteiger partial charge on any atom is -0.385 e. The molecule has 0 amide bonds. The van der Waals surface area contributed by atoms with E-state index in [1.165, 1.54) is 6.07 Å². The Labute approximate surface area is 147 Å². The van der Waals surface area contributed by atoms with Gasteiger partial charge in [0.15, 0.2) is 0 Å². The van der Waals surface area contributed by atoms with Crippen LogP contribution in [0, 0.1) is 16.0 Å². The predicted octanol–water partition coefficient (Wildman–Crippen LogP) is 2.83. The summed E-state index contributed by atoms with van der Waals surface area (Å²) in [6.45, 7) is 3.79. The van der Waals surface area contributed by atoms with E-state index >= 15 is 0 Å². The molecule has 134 valence electrons. The molecular weight excluding hydrogens is 320 g/mol. The van der Waals surface area contributed by atoms with Crippen molar-refractivity contribution in [3.63, 3.8) is 0 Å². The molecular formula is C18H24N4O3.